The van der Waals surface area contributed by atoms with E-state index in [1.807, 2.05) is 12.1 Å². The normalized spacial score (nSPS) is 11.6. The van der Waals surface area contributed by atoms with Crippen molar-refractivity contribution in [3.05, 3.63) is 231 Å². The number of nitrogens with zero attached hydrogens (tertiary/aromatic N) is 2. The molecule has 2 aromatic heterocycles. The lowest BCUT2D eigenvalue weighted by molar-refractivity contribution is 0.669. The molecule has 12 aromatic rings. The summed E-state index contributed by atoms with van der Waals surface area (Å²) < 4.78 is 8.60. The molecule has 286 valence electrons. The van der Waals surface area contributed by atoms with Gasteiger partial charge in [0.25, 0.3) is 0 Å². The molecule has 3 heteroatoms. The summed E-state index contributed by atoms with van der Waals surface area (Å²) in [6.45, 7) is 0. The van der Waals surface area contributed by atoms with Gasteiger partial charge in [-0.3, -0.25) is 0 Å². The summed E-state index contributed by atoms with van der Waals surface area (Å²) in [6, 6.07) is 82.9. The zero-order chi connectivity index (χ0) is 40.3. The van der Waals surface area contributed by atoms with Crippen LogP contribution in [0.25, 0.3) is 93.6 Å². The van der Waals surface area contributed by atoms with E-state index in [2.05, 4.69) is 228 Å². The lowest BCUT2D eigenvalue weighted by Gasteiger charge is -2.26. The summed E-state index contributed by atoms with van der Waals surface area (Å²) in [5, 5.41) is 7.19. The van der Waals surface area contributed by atoms with Gasteiger partial charge in [-0.2, -0.15) is 0 Å². The molecule has 0 amide bonds. The first-order valence-electron chi connectivity index (χ1n) is 20.8. The SMILES string of the molecule is c1ccc(-c2ccc(N(c3ccc(-c4ccc(-n5c6ccccc6c6ccccc65)cc4)cc3)c3ccc4cc(-c5cccc6oc7ccccc7c56)ccc4c3)cc2)cc1. The van der Waals surface area contributed by atoms with Crippen molar-refractivity contribution < 1.29 is 4.42 Å². The number of fused-ring (bicyclic) bond motifs is 7. The van der Waals surface area contributed by atoms with E-state index >= 15 is 0 Å². The molecule has 12 rings (SSSR count). The van der Waals surface area contributed by atoms with E-state index in [-0.39, 0.29) is 0 Å². The predicted octanol–water partition coefficient (Wildman–Crippen LogP) is 16.3. The minimum absolute atomic E-state index is 0.908. The Bertz CT molecular complexity index is 3510. The predicted molar refractivity (Wildman–Crippen MR) is 257 cm³/mol. The van der Waals surface area contributed by atoms with Crippen LogP contribution in [0.3, 0.4) is 0 Å². The third-order valence-corrected chi connectivity index (χ3v) is 12.2. The Morgan fingerprint density at radius 2 is 0.820 bits per heavy atom. The average molecular weight is 779 g/mol. The molecule has 0 aliphatic heterocycles. The Morgan fingerprint density at radius 3 is 1.49 bits per heavy atom. The Hall–Kier alpha value is -8.14. The second-order valence-corrected chi connectivity index (χ2v) is 15.7. The molecular formula is C58H38N2O. The fraction of sp³-hybridized carbons (Fsp3) is 0. The molecule has 0 aliphatic rings. The maximum Gasteiger partial charge on any atom is 0.136 e. The van der Waals surface area contributed by atoms with Gasteiger partial charge in [-0.05, 0) is 123 Å². The van der Waals surface area contributed by atoms with Gasteiger partial charge in [0.05, 0.1) is 11.0 Å². The number of anilines is 3. The summed E-state index contributed by atoms with van der Waals surface area (Å²) in [6.07, 6.45) is 0. The van der Waals surface area contributed by atoms with Gasteiger partial charge < -0.3 is 13.9 Å². The van der Waals surface area contributed by atoms with Gasteiger partial charge in [-0.1, -0.05) is 152 Å². The number of hydrogen-bond donors (Lipinski definition) is 0. The molecule has 10 aromatic carbocycles. The van der Waals surface area contributed by atoms with Gasteiger partial charge in [0, 0.05) is 44.3 Å². The van der Waals surface area contributed by atoms with Crippen LogP contribution in [-0.4, -0.2) is 4.57 Å². The van der Waals surface area contributed by atoms with Crippen molar-refractivity contribution in [1.29, 1.82) is 0 Å². The molecule has 2 heterocycles. The van der Waals surface area contributed by atoms with Gasteiger partial charge in [-0.25, -0.2) is 0 Å². The van der Waals surface area contributed by atoms with Crippen molar-refractivity contribution in [2.24, 2.45) is 0 Å². The molecule has 0 saturated carbocycles. The molecule has 0 atom stereocenters. The van der Waals surface area contributed by atoms with E-state index < -0.39 is 0 Å². The molecule has 0 aliphatic carbocycles. The highest BCUT2D eigenvalue weighted by atomic mass is 16.3. The number of benzene rings is 10. The molecule has 0 N–H and O–H groups in total. The van der Waals surface area contributed by atoms with Gasteiger partial charge in [0.1, 0.15) is 11.2 Å². The zero-order valence-corrected chi connectivity index (χ0v) is 33.2. The molecule has 0 fully saturated rings. The monoisotopic (exact) mass is 778 g/mol. The minimum Gasteiger partial charge on any atom is -0.456 e. The summed E-state index contributed by atoms with van der Waals surface area (Å²) in [7, 11) is 0. The van der Waals surface area contributed by atoms with E-state index in [0.717, 1.165) is 44.7 Å². The van der Waals surface area contributed by atoms with Crippen LogP contribution in [0, 0.1) is 0 Å². The van der Waals surface area contributed by atoms with E-state index in [9.17, 15) is 0 Å². The van der Waals surface area contributed by atoms with Crippen LogP contribution in [0.2, 0.25) is 0 Å². The first kappa shape index (κ1) is 34.9. The Kier molecular flexibility index (Phi) is 8.17. The Morgan fingerprint density at radius 1 is 0.328 bits per heavy atom. The molecule has 0 bridgehead atoms. The Balaban J connectivity index is 0.907. The van der Waals surface area contributed by atoms with Gasteiger partial charge in [0.15, 0.2) is 0 Å². The van der Waals surface area contributed by atoms with Crippen LogP contribution in [0.4, 0.5) is 17.1 Å². The van der Waals surface area contributed by atoms with Crippen molar-refractivity contribution in [2.45, 2.75) is 0 Å². The van der Waals surface area contributed by atoms with Crippen molar-refractivity contribution in [2.75, 3.05) is 4.90 Å². The quantitative estimate of drug-likeness (QED) is 0.161. The van der Waals surface area contributed by atoms with Crippen LogP contribution < -0.4 is 4.90 Å². The van der Waals surface area contributed by atoms with E-state index in [0.29, 0.717) is 0 Å². The lowest BCUT2D eigenvalue weighted by Crippen LogP contribution is -2.09. The number of aromatic nitrogens is 1. The summed E-state index contributed by atoms with van der Waals surface area (Å²) in [5.41, 5.74) is 15.8. The molecule has 0 saturated heterocycles. The van der Waals surface area contributed by atoms with Crippen LogP contribution in [0.5, 0.6) is 0 Å². The van der Waals surface area contributed by atoms with Crippen molar-refractivity contribution in [1.82, 2.24) is 4.57 Å². The van der Waals surface area contributed by atoms with Crippen molar-refractivity contribution in [3.63, 3.8) is 0 Å². The van der Waals surface area contributed by atoms with Gasteiger partial charge in [-0.15, -0.1) is 0 Å². The fourth-order valence-electron chi connectivity index (χ4n) is 9.24. The van der Waals surface area contributed by atoms with Crippen LogP contribution in [-0.2, 0) is 0 Å². The third-order valence-electron chi connectivity index (χ3n) is 12.2. The van der Waals surface area contributed by atoms with Crippen LogP contribution >= 0.6 is 0 Å². The second kappa shape index (κ2) is 14.3. The molecule has 0 radical (unpaired) electrons. The summed E-state index contributed by atoms with van der Waals surface area (Å²) in [4.78, 5) is 2.36. The van der Waals surface area contributed by atoms with E-state index in [1.54, 1.807) is 0 Å². The molecule has 0 spiro atoms. The lowest BCUT2D eigenvalue weighted by atomic mass is 9.96. The second-order valence-electron chi connectivity index (χ2n) is 15.7. The van der Waals surface area contributed by atoms with Crippen LogP contribution in [0.15, 0.2) is 235 Å². The minimum atomic E-state index is 0.908. The number of rotatable bonds is 7. The highest BCUT2D eigenvalue weighted by molar-refractivity contribution is 6.13. The average Bonchev–Trinajstić information content (AvgIpc) is 3.88. The van der Waals surface area contributed by atoms with Gasteiger partial charge >= 0.3 is 0 Å². The third kappa shape index (κ3) is 5.98. The van der Waals surface area contributed by atoms with Crippen molar-refractivity contribution in [3.8, 4) is 39.1 Å². The molecular weight excluding hydrogens is 741 g/mol. The maximum absolute atomic E-state index is 6.23. The van der Waals surface area contributed by atoms with E-state index in [4.69, 9.17) is 4.42 Å². The topological polar surface area (TPSA) is 21.3 Å². The smallest absolute Gasteiger partial charge is 0.136 e. The Labute approximate surface area is 353 Å². The molecule has 0 unspecified atom stereocenters. The first-order chi connectivity index (χ1) is 30.2. The van der Waals surface area contributed by atoms with Gasteiger partial charge in [0.2, 0.25) is 0 Å². The van der Waals surface area contributed by atoms with Crippen LogP contribution in [0.1, 0.15) is 0 Å². The van der Waals surface area contributed by atoms with E-state index in [1.165, 1.54) is 66.0 Å². The maximum atomic E-state index is 6.23. The highest BCUT2D eigenvalue weighted by Gasteiger charge is 2.17. The zero-order valence-electron chi connectivity index (χ0n) is 33.2. The largest absolute Gasteiger partial charge is 0.456 e. The van der Waals surface area contributed by atoms with Crippen molar-refractivity contribution >= 4 is 71.6 Å². The fourth-order valence-corrected chi connectivity index (χ4v) is 9.24. The number of hydrogen-bond acceptors (Lipinski definition) is 2. The summed E-state index contributed by atoms with van der Waals surface area (Å²) in [5.74, 6) is 0. The summed E-state index contributed by atoms with van der Waals surface area (Å²) >= 11 is 0. The highest BCUT2D eigenvalue weighted by Crippen LogP contribution is 2.41. The first-order valence-corrected chi connectivity index (χ1v) is 20.8. The molecule has 3 nitrogen and oxygen atoms in total. The standard InChI is InChI=1S/C58H38N2O/c1-2-11-39(12-3-1)40-23-30-46(31-24-40)59(49-36-29-43-37-45(22-21-44(43)38-49)50-16-10-20-57-58(50)53-15-6-9-19-56(53)61-57)47-32-25-41(26-33-47)42-27-34-48(35-28-42)60-54-17-7-4-13-51(54)52-14-5-8-18-55(52)60/h1-38H. The number of para-hydroxylation sites is 3. The number of furan rings is 1. The molecule has 61 heavy (non-hydrogen) atoms.